The van der Waals surface area contributed by atoms with Crippen LogP contribution in [-0.4, -0.2) is 17.2 Å². The molecule has 1 aromatic rings. The van der Waals surface area contributed by atoms with Gasteiger partial charge in [0.25, 0.3) is 0 Å². The zero-order valence-corrected chi connectivity index (χ0v) is 6.69. The smallest absolute Gasteiger partial charge is 0.213 e. The van der Waals surface area contributed by atoms with E-state index in [1.165, 1.54) is 7.11 Å². The van der Waals surface area contributed by atoms with Gasteiger partial charge in [-0.1, -0.05) is 12.0 Å². The summed E-state index contributed by atoms with van der Waals surface area (Å²) in [4.78, 5) is 3.95. The molecule has 0 amide bonds. The number of aliphatic hydroxyl groups is 1. The molecule has 0 radical (unpaired) electrons. The highest BCUT2D eigenvalue weighted by atomic mass is 16.5. The van der Waals surface area contributed by atoms with E-state index in [-0.39, 0.29) is 0 Å². The van der Waals surface area contributed by atoms with Crippen LogP contribution in [0.3, 0.4) is 0 Å². The van der Waals surface area contributed by atoms with Gasteiger partial charge >= 0.3 is 0 Å². The topological polar surface area (TPSA) is 42.4 Å². The number of ether oxygens (including phenoxy) is 1. The van der Waals surface area contributed by atoms with Crippen molar-refractivity contribution < 1.29 is 9.84 Å². The van der Waals surface area contributed by atoms with Gasteiger partial charge in [0.05, 0.1) is 12.8 Å². The Morgan fingerprint density at radius 2 is 2.42 bits per heavy atom. The van der Waals surface area contributed by atoms with Crippen molar-refractivity contribution in [2.45, 2.75) is 6.10 Å². The van der Waals surface area contributed by atoms with E-state index < -0.39 is 6.10 Å². The lowest BCUT2D eigenvalue weighted by Crippen LogP contribution is -1.98. The van der Waals surface area contributed by atoms with Crippen LogP contribution in [0.15, 0.2) is 18.2 Å². The maximum absolute atomic E-state index is 9.20. The third kappa shape index (κ3) is 1.74. The van der Waals surface area contributed by atoms with Crippen LogP contribution in [0.1, 0.15) is 11.8 Å². The molecule has 1 rings (SSSR count). The Morgan fingerprint density at radius 1 is 1.67 bits per heavy atom. The Bertz CT molecular complexity index is 304. The third-order valence-corrected chi connectivity index (χ3v) is 1.39. The number of rotatable bonds is 2. The van der Waals surface area contributed by atoms with Crippen LogP contribution in [0, 0.1) is 12.3 Å². The average molecular weight is 163 g/mol. The van der Waals surface area contributed by atoms with E-state index in [1.54, 1.807) is 18.2 Å². The molecule has 0 spiro atoms. The number of aliphatic hydroxyl groups excluding tert-OH is 1. The van der Waals surface area contributed by atoms with Crippen molar-refractivity contribution in [2.24, 2.45) is 0 Å². The van der Waals surface area contributed by atoms with Crippen LogP contribution >= 0.6 is 0 Å². The molecule has 3 heteroatoms. The normalized spacial score (nSPS) is 11.8. The zero-order chi connectivity index (χ0) is 8.97. The fourth-order valence-electron chi connectivity index (χ4n) is 0.782. The lowest BCUT2D eigenvalue weighted by molar-refractivity contribution is 0.232. The molecule has 3 nitrogen and oxygen atoms in total. The molecule has 62 valence electrons. The first-order valence-corrected chi connectivity index (χ1v) is 3.43. The van der Waals surface area contributed by atoms with E-state index in [1.807, 2.05) is 0 Å². The Labute approximate surface area is 71.0 Å². The number of hydrogen-bond acceptors (Lipinski definition) is 3. The van der Waals surface area contributed by atoms with Gasteiger partial charge in [0.15, 0.2) is 6.10 Å². The van der Waals surface area contributed by atoms with Gasteiger partial charge in [0.1, 0.15) is 0 Å². The molecular formula is C9H9NO2. The quantitative estimate of drug-likeness (QED) is 0.654. The van der Waals surface area contributed by atoms with Crippen LogP contribution in [0.4, 0.5) is 0 Å². The number of aromatic nitrogens is 1. The standard InChI is InChI=1S/C9H9NO2/c1-3-8(11)7-5-4-6-9(10-7)12-2/h1,4-6,8,11H,2H3. The summed E-state index contributed by atoms with van der Waals surface area (Å²) in [5.41, 5.74) is 0.428. The van der Waals surface area contributed by atoms with E-state index in [0.717, 1.165) is 0 Å². The Balaban J connectivity index is 2.95. The maximum Gasteiger partial charge on any atom is 0.213 e. The van der Waals surface area contributed by atoms with E-state index in [4.69, 9.17) is 11.2 Å². The molecule has 0 saturated carbocycles. The van der Waals surface area contributed by atoms with Crippen molar-refractivity contribution in [3.8, 4) is 18.2 Å². The predicted octanol–water partition coefficient (Wildman–Crippen LogP) is 0.757. The maximum atomic E-state index is 9.20. The van der Waals surface area contributed by atoms with Gasteiger partial charge in [-0.15, -0.1) is 6.42 Å². The van der Waals surface area contributed by atoms with Gasteiger partial charge in [-0.2, -0.15) is 0 Å². The summed E-state index contributed by atoms with van der Waals surface area (Å²) < 4.78 is 4.86. The van der Waals surface area contributed by atoms with Gasteiger partial charge in [-0.25, -0.2) is 4.98 Å². The summed E-state index contributed by atoms with van der Waals surface area (Å²) in [6, 6.07) is 5.06. The fourth-order valence-corrected chi connectivity index (χ4v) is 0.782. The minimum Gasteiger partial charge on any atom is -0.481 e. The fraction of sp³-hybridized carbons (Fsp3) is 0.222. The molecule has 0 saturated heterocycles. The van der Waals surface area contributed by atoms with Gasteiger partial charge in [-0.05, 0) is 6.07 Å². The van der Waals surface area contributed by atoms with Gasteiger partial charge in [-0.3, -0.25) is 0 Å². The second kappa shape index (κ2) is 3.74. The van der Waals surface area contributed by atoms with Gasteiger partial charge in [0.2, 0.25) is 5.88 Å². The molecule has 1 heterocycles. The van der Waals surface area contributed by atoms with E-state index in [2.05, 4.69) is 10.9 Å². The molecule has 1 atom stereocenters. The van der Waals surface area contributed by atoms with E-state index >= 15 is 0 Å². The van der Waals surface area contributed by atoms with Crippen molar-refractivity contribution >= 4 is 0 Å². The molecule has 0 aliphatic rings. The van der Waals surface area contributed by atoms with Crippen LogP contribution in [0.5, 0.6) is 5.88 Å². The summed E-state index contributed by atoms with van der Waals surface area (Å²) in [6.07, 6.45) is 4.06. The minimum atomic E-state index is -0.958. The lowest BCUT2D eigenvalue weighted by Gasteiger charge is -2.03. The van der Waals surface area contributed by atoms with Crippen LogP contribution in [-0.2, 0) is 0 Å². The van der Waals surface area contributed by atoms with Crippen molar-refractivity contribution in [3.05, 3.63) is 23.9 Å². The second-order valence-electron chi connectivity index (χ2n) is 2.17. The molecular weight excluding hydrogens is 154 g/mol. The molecule has 1 unspecified atom stereocenters. The molecule has 0 bridgehead atoms. The predicted molar refractivity (Wildman–Crippen MR) is 44.6 cm³/mol. The van der Waals surface area contributed by atoms with Crippen molar-refractivity contribution in [2.75, 3.05) is 7.11 Å². The molecule has 0 aliphatic heterocycles. The van der Waals surface area contributed by atoms with Gasteiger partial charge in [0, 0.05) is 6.07 Å². The Hall–Kier alpha value is -1.53. The average Bonchev–Trinajstić information content (AvgIpc) is 2.17. The Morgan fingerprint density at radius 3 is 3.00 bits per heavy atom. The molecule has 0 aliphatic carbocycles. The summed E-state index contributed by atoms with van der Waals surface area (Å²) in [5.74, 6) is 2.62. The first-order chi connectivity index (χ1) is 5.77. The highest BCUT2D eigenvalue weighted by Gasteiger charge is 2.04. The number of hydrogen-bond donors (Lipinski definition) is 1. The van der Waals surface area contributed by atoms with Crippen LogP contribution in [0.2, 0.25) is 0 Å². The van der Waals surface area contributed by atoms with Crippen LogP contribution in [0.25, 0.3) is 0 Å². The van der Waals surface area contributed by atoms with E-state index in [9.17, 15) is 5.11 Å². The SMILES string of the molecule is C#CC(O)c1cccc(OC)n1. The third-order valence-electron chi connectivity index (χ3n) is 1.39. The monoisotopic (exact) mass is 163 g/mol. The largest absolute Gasteiger partial charge is 0.481 e. The minimum absolute atomic E-state index is 0.428. The highest BCUT2D eigenvalue weighted by Crippen LogP contribution is 2.12. The summed E-state index contributed by atoms with van der Waals surface area (Å²) in [5, 5.41) is 9.20. The molecule has 1 aromatic heterocycles. The Kier molecular flexibility index (Phi) is 2.67. The molecule has 1 N–H and O–H groups in total. The van der Waals surface area contributed by atoms with Crippen molar-refractivity contribution in [1.82, 2.24) is 4.98 Å². The van der Waals surface area contributed by atoms with E-state index in [0.29, 0.717) is 11.6 Å². The number of terminal acetylenes is 1. The van der Waals surface area contributed by atoms with Crippen molar-refractivity contribution in [3.63, 3.8) is 0 Å². The molecule has 12 heavy (non-hydrogen) atoms. The van der Waals surface area contributed by atoms with Gasteiger partial charge < -0.3 is 9.84 Å². The number of nitrogens with zero attached hydrogens (tertiary/aromatic N) is 1. The molecule has 0 fully saturated rings. The van der Waals surface area contributed by atoms with Crippen LogP contribution < -0.4 is 4.74 Å². The summed E-state index contributed by atoms with van der Waals surface area (Å²) >= 11 is 0. The zero-order valence-electron chi connectivity index (χ0n) is 6.69. The molecule has 0 aromatic carbocycles. The summed E-state index contributed by atoms with van der Waals surface area (Å²) in [6.45, 7) is 0. The number of methoxy groups -OCH3 is 1. The first-order valence-electron chi connectivity index (χ1n) is 3.43. The first kappa shape index (κ1) is 8.57. The highest BCUT2D eigenvalue weighted by molar-refractivity contribution is 5.21. The second-order valence-corrected chi connectivity index (χ2v) is 2.17. The number of pyridine rings is 1. The lowest BCUT2D eigenvalue weighted by atomic mass is 10.2. The van der Waals surface area contributed by atoms with Crippen molar-refractivity contribution in [1.29, 1.82) is 0 Å². The summed E-state index contributed by atoms with van der Waals surface area (Å²) in [7, 11) is 1.51.